The minimum Gasteiger partial charge on any atom is -0.490 e. The Labute approximate surface area is 293 Å². The second-order valence-electron chi connectivity index (χ2n) is 16.7. The average molecular weight is 711 g/mol. The van der Waals surface area contributed by atoms with E-state index in [1.807, 2.05) is 18.2 Å². The van der Waals surface area contributed by atoms with Gasteiger partial charge < -0.3 is 14.1 Å². The van der Waals surface area contributed by atoms with Gasteiger partial charge in [-0.25, -0.2) is 13.1 Å². The van der Waals surface area contributed by atoms with E-state index in [-0.39, 0.29) is 34.1 Å². The zero-order valence-electron chi connectivity index (χ0n) is 29.1. The van der Waals surface area contributed by atoms with Gasteiger partial charge in [-0.05, 0) is 128 Å². The Morgan fingerprint density at radius 3 is 2.54 bits per heavy atom. The zero-order chi connectivity index (χ0) is 34.1. The Hall–Kier alpha value is -2.33. The number of carbonyl (C=O) groups is 1. The number of aryl methyl sites for hydroxylation is 1. The van der Waals surface area contributed by atoms with Crippen molar-refractivity contribution >= 4 is 41.5 Å². The third-order valence-corrected chi connectivity index (χ3v) is 18.7. The van der Waals surface area contributed by atoms with Crippen LogP contribution in [0.1, 0.15) is 80.8 Å². The third kappa shape index (κ3) is 6.49. The minimum absolute atomic E-state index is 0.00876. The number of nitrogens with zero attached hydrogens (tertiary/aromatic N) is 1. The molecule has 2 heterocycles. The molecule has 0 aromatic heterocycles. The number of nitrogens with one attached hydrogen (secondary N) is 1. The lowest BCUT2D eigenvalue weighted by Crippen LogP contribution is -2.52. The van der Waals surface area contributed by atoms with Crippen LogP contribution >= 0.6 is 11.6 Å². The number of carbonyl (C=O) groups excluding carboxylic acids is 1. The van der Waals surface area contributed by atoms with Crippen molar-refractivity contribution in [3.63, 3.8) is 0 Å². The number of allylic oxidation sites excluding steroid dienone is 1. The van der Waals surface area contributed by atoms with E-state index < -0.39 is 24.2 Å². The van der Waals surface area contributed by atoms with Crippen LogP contribution in [0.15, 0.2) is 48.6 Å². The maximum atomic E-state index is 13.5. The Balaban J connectivity index is 1.30. The van der Waals surface area contributed by atoms with Crippen LogP contribution in [0.4, 0.5) is 5.69 Å². The van der Waals surface area contributed by atoms with Crippen molar-refractivity contribution in [2.45, 2.75) is 95.4 Å². The largest absolute Gasteiger partial charge is 0.490 e. The average Bonchev–Trinajstić information content (AvgIpc) is 3.13. The van der Waals surface area contributed by atoms with E-state index >= 15 is 0 Å². The highest BCUT2D eigenvalue weighted by Crippen LogP contribution is 2.48. The summed E-state index contributed by atoms with van der Waals surface area (Å²) in [6, 6.07) is 11.7. The van der Waals surface area contributed by atoms with Crippen LogP contribution in [0.25, 0.3) is 0 Å². The lowest BCUT2D eigenvalue weighted by molar-refractivity contribution is 0.0519. The molecule has 2 aromatic rings. The maximum absolute atomic E-state index is 13.5. The third-order valence-electron chi connectivity index (χ3n) is 12.6. The number of hydrogen-bond donors (Lipinski definition) is 1. The molecular weight excluding hydrogens is 660 g/mol. The second kappa shape index (κ2) is 12.5. The number of amides is 1. The Bertz CT molecular complexity index is 1720. The summed E-state index contributed by atoms with van der Waals surface area (Å²) < 4.78 is 42.9. The molecule has 1 N–H and O–H groups in total. The van der Waals surface area contributed by atoms with Crippen molar-refractivity contribution in [2.24, 2.45) is 23.7 Å². The fourth-order valence-corrected chi connectivity index (χ4v) is 11.4. The molecular formula is C38H51ClN2O5SSi. The maximum Gasteiger partial charge on any atom is 0.264 e. The lowest BCUT2D eigenvalue weighted by atomic mass is 9.68. The van der Waals surface area contributed by atoms with Crippen molar-refractivity contribution in [2.75, 3.05) is 30.3 Å². The predicted octanol–water partition coefficient (Wildman–Crippen LogP) is 7.89. The van der Waals surface area contributed by atoms with Gasteiger partial charge in [0.15, 0.2) is 8.32 Å². The standard InChI is InChI=1S/C38H51ClN2O5SSi/c1-37(2,3)48(4,5)46-34-16-11-25-8-9-29(25)22-47(43,44)40-36(42)27-12-17-35-33(20-27)41(21-28-10-14-31(28)34)23-38(24-45-35)18-6-7-26-19-30(39)13-15-32(26)38/h11-13,15-17,19-20,25,28-29,31,34H,6-10,14,18,21-24H2,1-5H3,(H,40,42)/b16-11+/t25-,28+,29-,31-,34+,38+/m1/s1. The highest BCUT2D eigenvalue weighted by Gasteiger charge is 2.47. The number of rotatable bonds is 2. The van der Waals surface area contributed by atoms with Crippen LogP contribution < -0.4 is 14.4 Å². The summed E-state index contributed by atoms with van der Waals surface area (Å²) in [6.07, 6.45) is 11.6. The van der Waals surface area contributed by atoms with Crippen molar-refractivity contribution in [1.82, 2.24) is 4.72 Å². The fourth-order valence-electron chi connectivity index (χ4n) is 8.41. The molecule has 0 saturated heterocycles. The highest BCUT2D eigenvalue weighted by atomic mass is 35.5. The van der Waals surface area contributed by atoms with Gasteiger partial charge in [0.25, 0.3) is 5.91 Å². The first-order valence-corrected chi connectivity index (χ1v) is 22.8. The molecule has 2 aromatic carbocycles. The van der Waals surface area contributed by atoms with E-state index in [9.17, 15) is 13.2 Å². The summed E-state index contributed by atoms with van der Waals surface area (Å²) in [6.45, 7) is 13.6. The van der Waals surface area contributed by atoms with E-state index in [0.717, 1.165) is 74.5 Å². The van der Waals surface area contributed by atoms with Crippen LogP contribution in [0.5, 0.6) is 5.75 Å². The monoisotopic (exact) mass is 710 g/mol. The molecule has 1 spiro atoms. The van der Waals surface area contributed by atoms with Gasteiger partial charge in [0.05, 0.1) is 24.2 Å². The first kappa shape index (κ1) is 34.1. The summed E-state index contributed by atoms with van der Waals surface area (Å²) >= 11 is 6.47. The SMILES string of the molecule is CC(C)(C)[Si](C)(C)O[C@H]1/C=C/[C@H]2CC[C@@H]2CS(=O)(=O)NC(=O)c2ccc3c(c2)N(C[C@@H]2CC[C@H]21)C[C@@]1(CCCc2cc(Cl)ccc21)CO3. The summed E-state index contributed by atoms with van der Waals surface area (Å²) in [7, 11) is -5.92. The Kier molecular flexibility index (Phi) is 8.86. The van der Waals surface area contributed by atoms with Crippen molar-refractivity contribution in [3.05, 3.63) is 70.3 Å². The molecule has 7 nitrogen and oxygen atoms in total. The number of fused-ring (bicyclic) bond motifs is 5. The van der Waals surface area contributed by atoms with Crippen molar-refractivity contribution in [3.8, 4) is 5.75 Å². The molecule has 2 fully saturated rings. The van der Waals surface area contributed by atoms with Gasteiger partial charge in [-0.1, -0.05) is 50.6 Å². The number of halogens is 1. The summed E-state index contributed by atoms with van der Waals surface area (Å²) in [5, 5.41) is 0.826. The molecule has 2 bridgehead atoms. The molecule has 1 amide bonds. The van der Waals surface area contributed by atoms with Crippen molar-refractivity contribution < 1.29 is 22.4 Å². The smallest absolute Gasteiger partial charge is 0.264 e. The fraction of sp³-hybridized carbons (Fsp3) is 0.605. The van der Waals surface area contributed by atoms with Crippen LogP contribution in [-0.4, -0.2) is 54.2 Å². The van der Waals surface area contributed by atoms with E-state index in [0.29, 0.717) is 24.0 Å². The predicted molar refractivity (Wildman–Crippen MR) is 195 cm³/mol. The van der Waals surface area contributed by atoms with Gasteiger partial charge in [0, 0.05) is 29.1 Å². The molecule has 260 valence electrons. The normalized spacial score (nSPS) is 32.2. The molecule has 10 heteroatoms. The number of sulfonamides is 1. The van der Waals surface area contributed by atoms with Gasteiger partial charge >= 0.3 is 0 Å². The molecule has 2 saturated carbocycles. The van der Waals surface area contributed by atoms with Gasteiger partial charge in [-0.15, -0.1) is 0 Å². The number of anilines is 1. The number of hydrogen-bond acceptors (Lipinski definition) is 6. The first-order chi connectivity index (χ1) is 22.6. The summed E-state index contributed by atoms with van der Waals surface area (Å²) in [5.41, 5.74) is 3.53. The molecule has 0 unspecified atom stereocenters. The highest BCUT2D eigenvalue weighted by molar-refractivity contribution is 7.90. The zero-order valence-corrected chi connectivity index (χ0v) is 31.6. The first-order valence-electron chi connectivity index (χ1n) is 17.8. The lowest BCUT2D eigenvalue weighted by Gasteiger charge is -2.48. The molecule has 0 radical (unpaired) electrons. The van der Waals surface area contributed by atoms with Gasteiger partial charge in [0.2, 0.25) is 10.0 Å². The molecule has 7 rings (SSSR count). The quantitative estimate of drug-likeness (QED) is 0.252. The number of benzene rings is 2. The van der Waals surface area contributed by atoms with Crippen LogP contribution in [0.3, 0.4) is 0 Å². The van der Waals surface area contributed by atoms with E-state index in [4.69, 9.17) is 20.8 Å². The van der Waals surface area contributed by atoms with Crippen LogP contribution in [0, 0.1) is 23.7 Å². The topological polar surface area (TPSA) is 84.9 Å². The minimum atomic E-state index is -3.82. The molecule has 6 atom stereocenters. The number of ether oxygens (including phenoxy) is 1. The van der Waals surface area contributed by atoms with Gasteiger partial charge in [-0.3, -0.25) is 4.79 Å². The van der Waals surface area contributed by atoms with Gasteiger partial charge in [-0.2, -0.15) is 0 Å². The van der Waals surface area contributed by atoms with Crippen LogP contribution in [0.2, 0.25) is 23.2 Å². The van der Waals surface area contributed by atoms with E-state index in [1.165, 1.54) is 11.1 Å². The summed E-state index contributed by atoms with van der Waals surface area (Å²) in [5.74, 6) is 1.02. The van der Waals surface area contributed by atoms with Crippen LogP contribution in [-0.2, 0) is 26.3 Å². The Morgan fingerprint density at radius 2 is 1.83 bits per heavy atom. The molecule has 2 aliphatic heterocycles. The molecule has 48 heavy (non-hydrogen) atoms. The molecule has 3 aliphatic carbocycles. The van der Waals surface area contributed by atoms with Gasteiger partial charge in [0.1, 0.15) is 5.75 Å². The summed E-state index contributed by atoms with van der Waals surface area (Å²) in [4.78, 5) is 15.9. The molecule has 5 aliphatic rings. The second-order valence-corrected chi connectivity index (χ2v) is 23.7. The van der Waals surface area contributed by atoms with E-state index in [1.54, 1.807) is 6.07 Å². The van der Waals surface area contributed by atoms with Crippen molar-refractivity contribution in [1.29, 1.82) is 0 Å². The Morgan fingerprint density at radius 1 is 1.04 bits per heavy atom. The van der Waals surface area contributed by atoms with E-state index in [2.05, 4.69) is 67.8 Å².